The summed E-state index contributed by atoms with van der Waals surface area (Å²) < 4.78 is 11.4. The molecule has 0 heterocycles. The highest BCUT2D eigenvalue weighted by Gasteiger charge is 2.47. The van der Waals surface area contributed by atoms with Crippen LogP contribution in [0.25, 0.3) is 0 Å². The summed E-state index contributed by atoms with van der Waals surface area (Å²) in [5.74, 6) is -1.27. The highest BCUT2D eigenvalue weighted by Crippen LogP contribution is 2.30. The van der Waals surface area contributed by atoms with Crippen LogP contribution in [0.4, 0.5) is 0 Å². The summed E-state index contributed by atoms with van der Waals surface area (Å²) in [5.41, 5.74) is 4.29. The Morgan fingerprint density at radius 2 is 1.48 bits per heavy atom. The summed E-state index contributed by atoms with van der Waals surface area (Å²) in [6.45, 7) is 9.12. The molecule has 3 atom stereocenters. The number of hydrogen-bond acceptors (Lipinski definition) is 5. The fourth-order valence-corrected chi connectivity index (χ4v) is 3.89. The van der Waals surface area contributed by atoms with Gasteiger partial charge in [0.1, 0.15) is 6.10 Å². The van der Waals surface area contributed by atoms with Crippen molar-refractivity contribution in [3.63, 3.8) is 0 Å². The van der Waals surface area contributed by atoms with Crippen molar-refractivity contribution in [3.8, 4) is 0 Å². The molecule has 3 unspecified atom stereocenters. The topological polar surface area (TPSA) is 98.8 Å². The first kappa shape index (κ1) is 29.6. The SMILES string of the molecule is C=CC(=O)OC(CCCCCCCCCCCCC)C(CCC)(OCC(C)O)C(N)=O. The average molecular weight is 442 g/mol. The molecule has 0 fully saturated rings. The summed E-state index contributed by atoms with van der Waals surface area (Å²) in [6, 6.07) is 0. The quantitative estimate of drug-likeness (QED) is 0.145. The normalized spacial score (nSPS) is 15.1. The molecule has 0 saturated heterocycles. The minimum Gasteiger partial charge on any atom is -0.456 e. The number of primary amides is 1. The molecule has 6 nitrogen and oxygen atoms in total. The third kappa shape index (κ3) is 12.9. The molecule has 182 valence electrons. The van der Waals surface area contributed by atoms with Crippen LogP contribution < -0.4 is 5.73 Å². The van der Waals surface area contributed by atoms with Crippen LogP contribution in [0.5, 0.6) is 0 Å². The van der Waals surface area contributed by atoms with Gasteiger partial charge in [-0.2, -0.15) is 0 Å². The van der Waals surface area contributed by atoms with E-state index >= 15 is 0 Å². The first-order valence-corrected chi connectivity index (χ1v) is 12.3. The largest absolute Gasteiger partial charge is 0.456 e. The number of carbonyl (C=O) groups is 2. The molecule has 31 heavy (non-hydrogen) atoms. The molecule has 1 amide bonds. The van der Waals surface area contributed by atoms with Crippen LogP contribution in [0.3, 0.4) is 0 Å². The molecule has 0 aromatic rings. The Morgan fingerprint density at radius 1 is 0.968 bits per heavy atom. The Balaban J connectivity index is 4.72. The maximum absolute atomic E-state index is 12.4. The van der Waals surface area contributed by atoms with Crippen molar-refractivity contribution in [2.75, 3.05) is 6.61 Å². The lowest BCUT2D eigenvalue weighted by atomic mass is 9.86. The van der Waals surface area contributed by atoms with Crippen molar-refractivity contribution in [2.24, 2.45) is 5.73 Å². The van der Waals surface area contributed by atoms with E-state index in [1.807, 2.05) is 6.92 Å². The molecule has 0 aliphatic carbocycles. The maximum Gasteiger partial charge on any atom is 0.330 e. The van der Waals surface area contributed by atoms with E-state index in [0.29, 0.717) is 19.3 Å². The number of rotatable bonds is 21. The van der Waals surface area contributed by atoms with Gasteiger partial charge in [-0.15, -0.1) is 0 Å². The molecular weight excluding hydrogens is 394 g/mol. The second-order valence-electron chi connectivity index (χ2n) is 8.62. The molecule has 0 aliphatic rings. The molecule has 0 saturated carbocycles. The molecule has 0 aliphatic heterocycles. The van der Waals surface area contributed by atoms with Gasteiger partial charge >= 0.3 is 5.97 Å². The summed E-state index contributed by atoms with van der Waals surface area (Å²) >= 11 is 0. The fraction of sp³-hybridized carbons (Fsp3) is 0.840. The van der Waals surface area contributed by atoms with E-state index in [1.165, 1.54) is 51.4 Å². The lowest BCUT2D eigenvalue weighted by molar-refractivity contribution is -0.185. The van der Waals surface area contributed by atoms with Gasteiger partial charge in [0.2, 0.25) is 0 Å². The summed E-state index contributed by atoms with van der Waals surface area (Å²) in [4.78, 5) is 24.4. The number of unbranched alkanes of at least 4 members (excludes halogenated alkanes) is 10. The Morgan fingerprint density at radius 3 is 1.90 bits per heavy atom. The van der Waals surface area contributed by atoms with Gasteiger partial charge in [-0.05, 0) is 26.2 Å². The number of ether oxygens (including phenoxy) is 2. The second-order valence-corrected chi connectivity index (χ2v) is 8.62. The highest BCUT2D eigenvalue weighted by molar-refractivity contribution is 5.86. The highest BCUT2D eigenvalue weighted by atomic mass is 16.6. The number of carbonyl (C=O) groups excluding carboxylic acids is 2. The van der Waals surface area contributed by atoms with Crippen molar-refractivity contribution in [3.05, 3.63) is 12.7 Å². The molecule has 6 heteroatoms. The van der Waals surface area contributed by atoms with Gasteiger partial charge in [-0.25, -0.2) is 4.79 Å². The summed E-state index contributed by atoms with van der Waals surface area (Å²) in [6.07, 6.45) is 14.2. The van der Waals surface area contributed by atoms with E-state index in [4.69, 9.17) is 15.2 Å². The first-order valence-electron chi connectivity index (χ1n) is 12.3. The Labute approximate surface area is 189 Å². The maximum atomic E-state index is 12.4. The zero-order valence-corrected chi connectivity index (χ0v) is 20.2. The number of aliphatic hydroxyl groups is 1. The summed E-state index contributed by atoms with van der Waals surface area (Å²) in [7, 11) is 0. The van der Waals surface area contributed by atoms with Gasteiger partial charge in [0.25, 0.3) is 5.91 Å². The Hall–Kier alpha value is -1.40. The predicted molar refractivity (Wildman–Crippen MR) is 126 cm³/mol. The van der Waals surface area contributed by atoms with E-state index in [0.717, 1.165) is 25.3 Å². The zero-order valence-electron chi connectivity index (χ0n) is 20.2. The van der Waals surface area contributed by atoms with Crippen LogP contribution in [-0.2, 0) is 19.1 Å². The van der Waals surface area contributed by atoms with Crippen LogP contribution in [0.1, 0.15) is 111 Å². The first-order chi connectivity index (χ1) is 14.8. The monoisotopic (exact) mass is 441 g/mol. The molecule has 0 radical (unpaired) electrons. The second kappa shape index (κ2) is 18.2. The molecule has 0 spiro atoms. The van der Waals surface area contributed by atoms with Crippen molar-refractivity contribution < 1.29 is 24.2 Å². The Kier molecular flexibility index (Phi) is 17.4. The molecule has 0 bridgehead atoms. The smallest absolute Gasteiger partial charge is 0.330 e. The van der Waals surface area contributed by atoms with Gasteiger partial charge in [0.15, 0.2) is 5.60 Å². The van der Waals surface area contributed by atoms with Gasteiger partial charge in [0.05, 0.1) is 12.7 Å². The van der Waals surface area contributed by atoms with Gasteiger partial charge in [-0.3, -0.25) is 4.79 Å². The number of hydrogen-bond donors (Lipinski definition) is 2. The lowest BCUT2D eigenvalue weighted by Crippen LogP contribution is -2.57. The molecule has 0 aromatic heterocycles. The van der Waals surface area contributed by atoms with Crippen molar-refractivity contribution >= 4 is 11.9 Å². The van der Waals surface area contributed by atoms with Gasteiger partial charge in [-0.1, -0.05) is 91.1 Å². The van der Waals surface area contributed by atoms with Crippen LogP contribution in [0.2, 0.25) is 0 Å². The minimum atomic E-state index is -1.44. The number of aliphatic hydroxyl groups excluding tert-OH is 1. The predicted octanol–water partition coefficient (Wildman–Crippen LogP) is 5.21. The van der Waals surface area contributed by atoms with Gasteiger partial charge < -0.3 is 20.3 Å². The number of amides is 1. The average Bonchev–Trinajstić information content (AvgIpc) is 2.73. The molecule has 0 rings (SSSR count). The van der Waals surface area contributed by atoms with Crippen molar-refractivity contribution in [1.29, 1.82) is 0 Å². The van der Waals surface area contributed by atoms with E-state index in [2.05, 4.69) is 13.5 Å². The number of esters is 1. The Bertz CT molecular complexity index is 494. The molecule has 0 aromatic carbocycles. The lowest BCUT2D eigenvalue weighted by Gasteiger charge is -2.37. The zero-order chi connectivity index (χ0) is 23.5. The van der Waals surface area contributed by atoms with Crippen LogP contribution in [0.15, 0.2) is 12.7 Å². The van der Waals surface area contributed by atoms with E-state index < -0.39 is 29.7 Å². The third-order valence-corrected chi connectivity index (χ3v) is 5.64. The van der Waals surface area contributed by atoms with Crippen molar-refractivity contribution in [1.82, 2.24) is 0 Å². The standard InChI is InChI=1S/C25H47NO5/c1-5-8-9-10-11-12-13-14-15-16-17-18-22(31-23(28)7-3)25(19-6-2,24(26)29)30-20-21(4)27/h7,21-22,27H,3,5-6,8-20H2,1-2,4H3,(H2,26,29). The minimum absolute atomic E-state index is 0.0522. The number of nitrogens with two attached hydrogens (primary N) is 1. The van der Waals surface area contributed by atoms with Crippen LogP contribution >= 0.6 is 0 Å². The van der Waals surface area contributed by atoms with E-state index in [-0.39, 0.29) is 6.61 Å². The summed E-state index contributed by atoms with van der Waals surface area (Å²) in [5, 5.41) is 9.65. The van der Waals surface area contributed by atoms with Crippen LogP contribution in [0, 0.1) is 0 Å². The molecular formula is C25H47NO5. The van der Waals surface area contributed by atoms with Gasteiger partial charge in [0, 0.05) is 6.08 Å². The van der Waals surface area contributed by atoms with Crippen molar-refractivity contribution in [2.45, 2.75) is 128 Å². The van der Waals surface area contributed by atoms with E-state index in [1.54, 1.807) is 6.92 Å². The van der Waals surface area contributed by atoms with E-state index in [9.17, 15) is 14.7 Å². The fourth-order valence-electron chi connectivity index (χ4n) is 3.89. The third-order valence-electron chi connectivity index (χ3n) is 5.64. The van der Waals surface area contributed by atoms with Crippen LogP contribution in [-0.4, -0.2) is 41.4 Å². The molecule has 3 N–H and O–H groups in total.